The molecule has 0 spiro atoms. The molecular weight excluding hydrogens is 370 g/mol. The number of methoxy groups -OCH3 is 1. The lowest BCUT2D eigenvalue weighted by Crippen LogP contribution is -2.33. The zero-order valence-electron chi connectivity index (χ0n) is 15.7. The van der Waals surface area contributed by atoms with Gasteiger partial charge in [0.05, 0.1) is 24.4 Å². The van der Waals surface area contributed by atoms with Gasteiger partial charge in [0, 0.05) is 50.7 Å². The Balaban J connectivity index is 1.70. The molecule has 4 heterocycles. The molecule has 4 rings (SSSR count). The fraction of sp³-hybridized carbons (Fsp3) is 0.286. The molecule has 3 aromatic rings. The summed E-state index contributed by atoms with van der Waals surface area (Å²) in [6.07, 6.45) is 7.63. The van der Waals surface area contributed by atoms with Crippen LogP contribution in [-0.4, -0.2) is 44.8 Å². The van der Waals surface area contributed by atoms with Crippen LogP contribution in [0.15, 0.2) is 67.3 Å². The van der Waals surface area contributed by atoms with E-state index >= 15 is 0 Å². The summed E-state index contributed by atoms with van der Waals surface area (Å²) >= 11 is 5.67. The van der Waals surface area contributed by atoms with Crippen LogP contribution in [-0.2, 0) is 11.3 Å². The summed E-state index contributed by atoms with van der Waals surface area (Å²) in [5.74, 6) is 0. The van der Waals surface area contributed by atoms with E-state index in [9.17, 15) is 0 Å². The third-order valence-electron chi connectivity index (χ3n) is 4.98. The van der Waals surface area contributed by atoms with Gasteiger partial charge in [-0.1, -0.05) is 12.1 Å². The number of thiocarbonyl (C=S) groups is 1. The molecule has 1 fully saturated rings. The zero-order chi connectivity index (χ0) is 19.3. The first-order valence-corrected chi connectivity index (χ1v) is 9.69. The third kappa shape index (κ3) is 3.76. The van der Waals surface area contributed by atoms with Gasteiger partial charge in [-0.25, -0.2) is 0 Å². The lowest BCUT2D eigenvalue weighted by atomic mass is 10.0. The number of pyridine rings is 2. The predicted molar refractivity (Wildman–Crippen MR) is 112 cm³/mol. The number of ether oxygens (including phenoxy) is 1. The Bertz CT molecular complexity index is 915. The smallest absolute Gasteiger partial charge is 0.170 e. The Morgan fingerprint density at radius 3 is 2.82 bits per heavy atom. The molecule has 144 valence electrons. The highest BCUT2D eigenvalue weighted by Crippen LogP contribution is 2.38. The van der Waals surface area contributed by atoms with Crippen molar-refractivity contribution in [1.29, 1.82) is 0 Å². The Morgan fingerprint density at radius 1 is 1.14 bits per heavy atom. The average Bonchev–Trinajstić information content (AvgIpc) is 3.31. The molecule has 0 aliphatic carbocycles. The van der Waals surface area contributed by atoms with Gasteiger partial charge in [0.1, 0.15) is 0 Å². The van der Waals surface area contributed by atoms with Crippen molar-refractivity contribution in [2.45, 2.75) is 18.6 Å². The highest BCUT2D eigenvalue weighted by atomic mass is 32.1. The van der Waals surface area contributed by atoms with E-state index < -0.39 is 0 Å². The van der Waals surface area contributed by atoms with Gasteiger partial charge in [-0.3, -0.25) is 9.97 Å². The molecule has 0 amide bonds. The van der Waals surface area contributed by atoms with E-state index in [4.69, 9.17) is 17.0 Å². The fourth-order valence-corrected chi connectivity index (χ4v) is 4.02. The molecule has 1 aliphatic heterocycles. The highest BCUT2D eigenvalue weighted by molar-refractivity contribution is 7.80. The fourth-order valence-electron chi connectivity index (χ4n) is 3.69. The van der Waals surface area contributed by atoms with Crippen molar-refractivity contribution < 1.29 is 4.74 Å². The lowest BCUT2D eigenvalue weighted by molar-refractivity contribution is 0.162. The molecule has 1 aliphatic rings. The second-order valence-corrected chi connectivity index (χ2v) is 7.12. The Labute approximate surface area is 170 Å². The predicted octanol–water partition coefficient (Wildman–Crippen LogP) is 2.95. The van der Waals surface area contributed by atoms with Crippen LogP contribution >= 0.6 is 12.2 Å². The minimum absolute atomic E-state index is 0.0203. The SMILES string of the molecule is COCCN1C(=S)N[C@@H](c2ccccn2)[C@H]1c1cccn1Cc1cccnc1. The van der Waals surface area contributed by atoms with Crippen LogP contribution in [0.3, 0.4) is 0 Å². The maximum atomic E-state index is 5.67. The molecule has 2 atom stereocenters. The number of nitrogens with one attached hydrogen (secondary N) is 1. The van der Waals surface area contributed by atoms with Crippen molar-refractivity contribution >= 4 is 17.3 Å². The Morgan fingerprint density at radius 2 is 2.07 bits per heavy atom. The minimum atomic E-state index is -0.0203. The van der Waals surface area contributed by atoms with Crippen LogP contribution in [0.25, 0.3) is 0 Å². The van der Waals surface area contributed by atoms with Crippen molar-refractivity contribution in [1.82, 2.24) is 24.8 Å². The van der Waals surface area contributed by atoms with Gasteiger partial charge in [0.25, 0.3) is 0 Å². The van der Waals surface area contributed by atoms with Gasteiger partial charge in [-0.2, -0.15) is 0 Å². The lowest BCUT2D eigenvalue weighted by Gasteiger charge is -2.28. The number of rotatable bonds is 7. The molecule has 6 nitrogen and oxygen atoms in total. The summed E-state index contributed by atoms with van der Waals surface area (Å²) in [5, 5.41) is 4.20. The van der Waals surface area contributed by atoms with Gasteiger partial charge in [0.15, 0.2) is 5.11 Å². The van der Waals surface area contributed by atoms with Crippen LogP contribution in [0.2, 0.25) is 0 Å². The molecule has 0 radical (unpaired) electrons. The molecule has 0 bridgehead atoms. The van der Waals surface area contributed by atoms with Crippen molar-refractivity contribution in [2.24, 2.45) is 0 Å². The van der Waals surface area contributed by atoms with Crippen molar-refractivity contribution in [3.63, 3.8) is 0 Å². The van der Waals surface area contributed by atoms with Gasteiger partial charge in [0.2, 0.25) is 0 Å². The average molecular weight is 394 g/mol. The largest absolute Gasteiger partial charge is 0.383 e. The summed E-state index contributed by atoms with van der Waals surface area (Å²) in [7, 11) is 1.71. The first-order valence-electron chi connectivity index (χ1n) is 9.29. The number of aromatic nitrogens is 3. The second kappa shape index (κ2) is 8.50. The third-order valence-corrected chi connectivity index (χ3v) is 5.33. The molecule has 0 saturated carbocycles. The van der Waals surface area contributed by atoms with Gasteiger partial charge in [-0.15, -0.1) is 0 Å². The highest BCUT2D eigenvalue weighted by Gasteiger charge is 2.40. The van der Waals surface area contributed by atoms with Crippen LogP contribution in [0, 0.1) is 0 Å². The molecule has 0 aromatic carbocycles. The van der Waals surface area contributed by atoms with E-state index in [-0.39, 0.29) is 12.1 Å². The van der Waals surface area contributed by atoms with Crippen molar-refractivity contribution in [3.8, 4) is 0 Å². The normalized spacial score (nSPS) is 19.0. The molecule has 0 unspecified atom stereocenters. The molecule has 1 saturated heterocycles. The summed E-state index contributed by atoms with van der Waals surface area (Å²) in [6, 6.07) is 14.3. The van der Waals surface area contributed by atoms with Gasteiger partial charge in [-0.05, 0) is 48.1 Å². The summed E-state index contributed by atoms with van der Waals surface area (Å²) in [4.78, 5) is 11.0. The van der Waals surface area contributed by atoms with Gasteiger partial charge < -0.3 is 19.5 Å². The van der Waals surface area contributed by atoms with E-state index in [1.54, 1.807) is 13.3 Å². The topological polar surface area (TPSA) is 55.2 Å². The zero-order valence-corrected chi connectivity index (χ0v) is 16.5. The van der Waals surface area contributed by atoms with Crippen molar-refractivity contribution in [2.75, 3.05) is 20.3 Å². The number of hydrogen-bond donors (Lipinski definition) is 1. The molecule has 28 heavy (non-hydrogen) atoms. The molecule has 3 aromatic heterocycles. The summed E-state index contributed by atoms with van der Waals surface area (Å²) in [5.41, 5.74) is 3.32. The molecular formula is C21H23N5OS. The van der Waals surface area contributed by atoms with E-state index in [0.29, 0.717) is 13.2 Å². The minimum Gasteiger partial charge on any atom is -0.383 e. The van der Waals surface area contributed by atoms with Crippen LogP contribution in [0.5, 0.6) is 0 Å². The van der Waals surface area contributed by atoms with Gasteiger partial charge >= 0.3 is 0 Å². The standard InChI is InChI=1S/C21H23N5OS/c1-27-13-12-26-20(19(24-21(26)28)17-7-2-3-10-23-17)18-8-5-11-25(18)15-16-6-4-9-22-14-16/h2-11,14,19-20H,12-13,15H2,1H3,(H,24,28)/t19-,20+/m0/s1. The molecule has 1 N–H and O–H groups in total. The van der Waals surface area contributed by atoms with Crippen LogP contribution in [0.1, 0.15) is 29.0 Å². The number of nitrogens with zero attached hydrogens (tertiary/aromatic N) is 4. The number of hydrogen-bond acceptors (Lipinski definition) is 4. The quantitative estimate of drug-likeness (QED) is 0.623. The monoisotopic (exact) mass is 393 g/mol. The van der Waals surface area contributed by atoms with E-state index in [1.165, 1.54) is 5.69 Å². The van der Waals surface area contributed by atoms with Crippen LogP contribution in [0.4, 0.5) is 0 Å². The van der Waals surface area contributed by atoms with E-state index in [1.807, 2.05) is 36.7 Å². The maximum absolute atomic E-state index is 5.67. The van der Waals surface area contributed by atoms with Crippen molar-refractivity contribution in [3.05, 3.63) is 84.2 Å². The van der Waals surface area contributed by atoms with E-state index in [2.05, 4.69) is 49.1 Å². The van der Waals surface area contributed by atoms with Crippen LogP contribution < -0.4 is 5.32 Å². The second-order valence-electron chi connectivity index (χ2n) is 6.74. The maximum Gasteiger partial charge on any atom is 0.170 e. The summed E-state index contributed by atoms with van der Waals surface area (Å²) < 4.78 is 7.58. The first kappa shape index (κ1) is 18.6. The Kier molecular flexibility index (Phi) is 5.64. The van der Waals surface area contributed by atoms with E-state index in [0.717, 1.165) is 22.9 Å². The summed E-state index contributed by atoms with van der Waals surface area (Å²) in [6.45, 7) is 2.08. The molecule has 7 heteroatoms. The Hall–Kier alpha value is -2.77. The first-order chi connectivity index (χ1) is 13.8.